The van der Waals surface area contributed by atoms with Crippen LogP contribution in [0.15, 0.2) is 60.7 Å². The highest BCUT2D eigenvalue weighted by Gasteiger charge is 2.15. The Morgan fingerprint density at radius 2 is 1.50 bits per heavy atom. The molecule has 0 saturated carbocycles. The van der Waals surface area contributed by atoms with Crippen molar-refractivity contribution < 1.29 is 0 Å². The van der Waals surface area contributed by atoms with Gasteiger partial charge in [0, 0.05) is 11.3 Å². The summed E-state index contributed by atoms with van der Waals surface area (Å²) in [5.74, 6) is 0. The van der Waals surface area contributed by atoms with Gasteiger partial charge < -0.3 is 0 Å². The summed E-state index contributed by atoms with van der Waals surface area (Å²) >= 11 is 0. The maximum Gasteiger partial charge on any atom is 0.0714 e. The zero-order valence-corrected chi connectivity index (χ0v) is 16.3. The molecule has 0 N–H and O–H groups in total. The van der Waals surface area contributed by atoms with Crippen LogP contribution in [0.4, 0.5) is 0 Å². The molecule has 0 fully saturated rings. The summed E-state index contributed by atoms with van der Waals surface area (Å²) < 4.78 is 0. The van der Waals surface area contributed by atoms with Gasteiger partial charge in [-0.15, -0.1) is 0 Å². The summed E-state index contributed by atoms with van der Waals surface area (Å²) in [6, 6.07) is 21.7. The third-order valence-electron chi connectivity index (χ3n) is 4.98. The maximum absolute atomic E-state index is 5.15. The van der Waals surface area contributed by atoms with E-state index in [1.54, 1.807) is 0 Å². The Hall–Kier alpha value is -2.41. The molecule has 0 unspecified atom stereocenters. The van der Waals surface area contributed by atoms with E-state index in [9.17, 15) is 0 Å². The molecule has 0 spiro atoms. The average molecular weight is 344 g/mol. The van der Waals surface area contributed by atoms with Crippen LogP contribution in [-0.2, 0) is 12.8 Å². The summed E-state index contributed by atoms with van der Waals surface area (Å²) in [6.07, 6.45) is 5.68. The van der Waals surface area contributed by atoms with Gasteiger partial charge in [-0.25, -0.2) is 0 Å². The highest BCUT2D eigenvalue weighted by molar-refractivity contribution is 5.75. The fourth-order valence-corrected chi connectivity index (χ4v) is 3.58. The molecular formula is C25H29N. The first-order valence-electron chi connectivity index (χ1n) is 9.88. The lowest BCUT2D eigenvalue weighted by molar-refractivity contribution is 0.760. The van der Waals surface area contributed by atoms with Crippen molar-refractivity contribution in [2.24, 2.45) is 0 Å². The molecule has 0 bridgehead atoms. The Balaban J connectivity index is 2.22. The minimum absolute atomic E-state index is 1.06. The van der Waals surface area contributed by atoms with E-state index >= 15 is 0 Å². The number of rotatable bonds is 7. The molecule has 2 aromatic carbocycles. The number of hydrogen-bond acceptors (Lipinski definition) is 1. The zero-order chi connectivity index (χ0) is 18.4. The number of pyridine rings is 1. The van der Waals surface area contributed by atoms with E-state index < -0.39 is 0 Å². The molecule has 0 aliphatic rings. The van der Waals surface area contributed by atoms with Crippen molar-refractivity contribution in [2.45, 2.75) is 52.9 Å². The SMILES string of the molecule is CCCCc1nc(-c2ccccc2C)cc(-c2ccccc2)c1CCC. The van der Waals surface area contributed by atoms with Crippen molar-refractivity contribution in [1.82, 2.24) is 4.98 Å². The molecule has 1 heterocycles. The van der Waals surface area contributed by atoms with Crippen molar-refractivity contribution in [3.63, 3.8) is 0 Å². The van der Waals surface area contributed by atoms with Crippen LogP contribution in [0.25, 0.3) is 22.4 Å². The van der Waals surface area contributed by atoms with Crippen LogP contribution < -0.4 is 0 Å². The first kappa shape index (κ1) is 18.4. The lowest BCUT2D eigenvalue weighted by atomic mass is 9.91. The van der Waals surface area contributed by atoms with Gasteiger partial charge in [0.05, 0.1) is 5.69 Å². The van der Waals surface area contributed by atoms with E-state index in [4.69, 9.17) is 4.98 Å². The molecule has 26 heavy (non-hydrogen) atoms. The molecule has 1 heteroatoms. The van der Waals surface area contributed by atoms with Crippen LogP contribution in [0.1, 0.15) is 49.9 Å². The molecule has 3 aromatic rings. The molecule has 1 aromatic heterocycles. The van der Waals surface area contributed by atoms with Crippen LogP contribution in [0, 0.1) is 6.92 Å². The monoisotopic (exact) mass is 343 g/mol. The van der Waals surface area contributed by atoms with Crippen molar-refractivity contribution in [3.05, 3.63) is 77.5 Å². The van der Waals surface area contributed by atoms with Crippen LogP contribution in [0.2, 0.25) is 0 Å². The molecule has 0 radical (unpaired) electrons. The van der Waals surface area contributed by atoms with E-state index in [0.29, 0.717) is 0 Å². The van der Waals surface area contributed by atoms with Crippen LogP contribution in [-0.4, -0.2) is 4.98 Å². The average Bonchev–Trinajstić information content (AvgIpc) is 2.68. The van der Waals surface area contributed by atoms with Gasteiger partial charge in [0.2, 0.25) is 0 Å². The largest absolute Gasteiger partial charge is 0.253 e. The summed E-state index contributed by atoms with van der Waals surface area (Å²) in [5.41, 5.74) is 9.00. The van der Waals surface area contributed by atoms with Gasteiger partial charge in [0.1, 0.15) is 0 Å². The van der Waals surface area contributed by atoms with E-state index in [1.165, 1.54) is 46.4 Å². The summed E-state index contributed by atoms with van der Waals surface area (Å²) in [7, 11) is 0. The van der Waals surface area contributed by atoms with Crippen molar-refractivity contribution in [3.8, 4) is 22.4 Å². The molecular weight excluding hydrogens is 314 g/mol. The van der Waals surface area contributed by atoms with Gasteiger partial charge in [-0.1, -0.05) is 81.3 Å². The van der Waals surface area contributed by atoms with E-state index in [2.05, 4.69) is 81.4 Å². The fraction of sp³-hybridized carbons (Fsp3) is 0.320. The lowest BCUT2D eigenvalue weighted by Crippen LogP contribution is -2.04. The Bertz CT molecular complexity index is 849. The predicted molar refractivity (Wildman–Crippen MR) is 112 cm³/mol. The quantitative estimate of drug-likeness (QED) is 0.449. The second-order valence-corrected chi connectivity index (χ2v) is 7.01. The van der Waals surface area contributed by atoms with Crippen molar-refractivity contribution in [1.29, 1.82) is 0 Å². The number of benzene rings is 2. The molecule has 1 nitrogen and oxygen atoms in total. The van der Waals surface area contributed by atoms with Crippen LogP contribution in [0.3, 0.4) is 0 Å². The Kier molecular flexibility index (Phi) is 6.22. The number of nitrogens with zero attached hydrogens (tertiary/aromatic N) is 1. The predicted octanol–water partition coefficient (Wildman–Crippen LogP) is 7.02. The Labute approximate surface area is 158 Å². The first-order valence-corrected chi connectivity index (χ1v) is 9.88. The van der Waals surface area contributed by atoms with Crippen molar-refractivity contribution >= 4 is 0 Å². The maximum atomic E-state index is 5.15. The van der Waals surface area contributed by atoms with E-state index in [-0.39, 0.29) is 0 Å². The first-order chi connectivity index (χ1) is 12.7. The molecule has 0 aliphatic heterocycles. The van der Waals surface area contributed by atoms with E-state index in [0.717, 1.165) is 25.0 Å². The molecule has 134 valence electrons. The normalized spacial score (nSPS) is 10.9. The van der Waals surface area contributed by atoms with Gasteiger partial charge in [0.15, 0.2) is 0 Å². The summed E-state index contributed by atoms with van der Waals surface area (Å²) in [5, 5.41) is 0. The summed E-state index contributed by atoms with van der Waals surface area (Å²) in [6.45, 7) is 6.68. The highest BCUT2D eigenvalue weighted by Crippen LogP contribution is 2.33. The second-order valence-electron chi connectivity index (χ2n) is 7.01. The Morgan fingerprint density at radius 3 is 2.19 bits per heavy atom. The number of hydrogen-bond donors (Lipinski definition) is 0. The topological polar surface area (TPSA) is 12.9 Å². The lowest BCUT2D eigenvalue weighted by Gasteiger charge is -2.17. The number of aryl methyl sites for hydroxylation is 2. The van der Waals surface area contributed by atoms with Crippen LogP contribution >= 0.6 is 0 Å². The minimum atomic E-state index is 1.06. The van der Waals surface area contributed by atoms with Gasteiger partial charge in [0.25, 0.3) is 0 Å². The van der Waals surface area contributed by atoms with Crippen LogP contribution in [0.5, 0.6) is 0 Å². The molecule has 0 saturated heterocycles. The Morgan fingerprint density at radius 1 is 0.769 bits per heavy atom. The van der Waals surface area contributed by atoms with Gasteiger partial charge in [-0.2, -0.15) is 0 Å². The summed E-state index contributed by atoms with van der Waals surface area (Å²) in [4.78, 5) is 5.15. The van der Waals surface area contributed by atoms with Crippen molar-refractivity contribution in [2.75, 3.05) is 0 Å². The molecule has 0 aliphatic carbocycles. The molecule has 0 atom stereocenters. The molecule has 3 rings (SSSR count). The number of aromatic nitrogens is 1. The second kappa shape index (κ2) is 8.80. The third kappa shape index (κ3) is 4.04. The van der Waals surface area contributed by atoms with Gasteiger partial charge in [-0.05, 0) is 54.5 Å². The fourth-order valence-electron chi connectivity index (χ4n) is 3.58. The highest BCUT2D eigenvalue weighted by atomic mass is 14.7. The molecule has 0 amide bonds. The zero-order valence-electron chi connectivity index (χ0n) is 16.3. The minimum Gasteiger partial charge on any atom is -0.253 e. The van der Waals surface area contributed by atoms with E-state index in [1.807, 2.05) is 0 Å². The smallest absolute Gasteiger partial charge is 0.0714 e. The van der Waals surface area contributed by atoms with Gasteiger partial charge in [-0.3, -0.25) is 4.98 Å². The van der Waals surface area contributed by atoms with Gasteiger partial charge >= 0.3 is 0 Å². The number of unbranched alkanes of at least 4 members (excludes halogenated alkanes) is 1. The third-order valence-corrected chi connectivity index (χ3v) is 4.98. The standard InChI is InChI=1S/C25H29N/c1-4-6-17-24-22(12-5-2)23(20-14-8-7-9-15-20)18-25(26-24)21-16-11-10-13-19(21)3/h7-11,13-16,18H,4-6,12,17H2,1-3H3.